The number of hydrogen-bond acceptors (Lipinski definition) is 12. The van der Waals surface area contributed by atoms with Crippen LogP contribution in [0.25, 0.3) is 22.0 Å². The fraction of sp³-hybridized carbons (Fsp3) is 0.357. The summed E-state index contributed by atoms with van der Waals surface area (Å²) in [4.78, 5) is 22.7. The van der Waals surface area contributed by atoms with E-state index in [0.717, 1.165) is 40.6 Å². The Kier molecular flexibility index (Phi) is 14.8. The summed E-state index contributed by atoms with van der Waals surface area (Å²) in [5, 5.41) is 6.49. The van der Waals surface area contributed by atoms with Crippen molar-refractivity contribution < 1.29 is 59.1 Å². The number of fused-ring (bicyclic) bond motifs is 1. The van der Waals surface area contributed by atoms with Crippen LogP contribution in [0.5, 0.6) is 17.2 Å². The second-order valence-corrected chi connectivity index (χ2v) is 16.4. The van der Waals surface area contributed by atoms with Gasteiger partial charge in [-0.3, -0.25) is 9.52 Å². The lowest BCUT2D eigenvalue weighted by molar-refractivity contribution is -0.274. The molecule has 3 N–H and O–H groups in total. The second-order valence-electron chi connectivity index (χ2n) is 14.6. The van der Waals surface area contributed by atoms with Crippen molar-refractivity contribution in [1.82, 2.24) is 9.97 Å². The van der Waals surface area contributed by atoms with Crippen molar-refractivity contribution in [3.63, 3.8) is 0 Å². The summed E-state index contributed by atoms with van der Waals surface area (Å²) in [5.74, 6) is -0.582. The highest BCUT2D eigenvalue weighted by Gasteiger charge is 2.31. The monoisotopic (exact) mass is 861 g/mol. The molecule has 0 aliphatic carbocycles. The molecule has 5 rings (SSSR count). The van der Waals surface area contributed by atoms with Gasteiger partial charge in [-0.05, 0) is 71.0 Å². The Morgan fingerprint density at radius 1 is 0.833 bits per heavy atom. The van der Waals surface area contributed by atoms with Gasteiger partial charge in [0, 0.05) is 52.4 Å². The van der Waals surface area contributed by atoms with Crippen LogP contribution in [0.2, 0.25) is 0 Å². The standard InChI is InChI=1S/C42H48F3N5O9S.3H2/c1-26-8-9-28(39(51)48-36-20-30(41(2,3)4)21-37(38(36)55-6)50-60(7,52)53)19-34(26)27-10-11-35-29(18-27)25-46-40(49-35)47-31-22-32(24-33(23-31)59-42(43,44)45)58-17-16-57-15-14-56-13-12-54-5;;;/h8-11,18-25,50H,12-17H2,1-7H3,(H,48,51)(H,46,47,49);3*1H. The largest absolute Gasteiger partial charge is 0.573 e. The summed E-state index contributed by atoms with van der Waals surface area (Å²) < 4.78 is 97.5. The molecule has 1 heterocycles. The van der Waals surface area contributed by atoms with Crippen molar-refractivity contribution in [3.05, 3.63) is 89.6 Å². The van der Waals surface area contributed by atoms with Gasteiger partial charge in [-0.25, -0.2) is 18.4 Å². The van der Waals surface area contributed by atoms with Crippen LogP contribution >= 0.6 is 0 Å². The average Bonchev–Trinajstić information content (AvgIpc) is 3.15. The van der Waals surface area contributed by atoms with Gasteiger partial charge >= 0.3 is 6.36 Å². The predicted octanol–water partition coefficient (Wildman–Crippen LogP) is 8.97. The van der Waals surface area contributed by atoms with Crippen molar-refractivity contribution >= 4 is 49.8 Å². The molecule has 4 aromatic carbocycles. The quantitative estimate of drug-likeness (QED) is 0.0675. The van der Waals surface area contributed by atoms with Crippen LogP contribution in [0.1, 0.15) is 46.5 Å². The third-order valence-electron chi connectivity index (χ3n) is 8.76. The molecule has 328 valence electrons. The van der Waals surface area contributed by atoms with E-state index in [1.165, 1.54) is 13.2 Å². The molecule has 0 fully saturated rings. The average molecular weight is 862 g/mol. The molecule has 1 amide bonds. The highest BCUT2D eigenvalue weighted by molar-refractivity contribution is 7.92. The Hall–Kier alpha value is -5.69. The fourth-order valence-electron chi connectivity index (χ4n) is 5.91. The Bertz CT molecular complexity index is 2430. The molecule has 0 saturated carbocycles. The van der Waals surface area contributed by atoms with Gasteiger partial charge in [0.1, 0.15) is 18.1 Å². The van der Waals surface area contributed by atoms with E-state index >= 15 is 0 Å². The summed E-state index contributed by atoms with van der Waals surface area (Å²) >= 11 is 0. The Labute approximate surface area is 351 Å². The van der Waals surface area contributed by atoms with Crippen molar-refractivity contribution in [1.29, 1.82) is 0 Å². The first kappa shape index (κ1) is 45.4. The van der Waals surface area contributed by atoms with Crippen LogP contribution in [0.4, 0.5) is 36.2 Å². The van der Waals surface area contributed by atoms with Gasteiger partial charge in [-0.15, -0.1) is 13.2 Å². The summed E-state index contributed by atoms with van der Waals surface area (Å²) in [7, 11) is -0.704. The lowest BCUT2D eigenvalue weighted by Gasteiger charge is -2.24. The van der Waals surface area contributed by atoms with E-state index in [2.05, 4.69) is 30.1 Å². The van der Waals surface area contributed by atoms with E-state index in [4.69, 9.17) is 23.7 Å². The zero-order valence-electron chi connectivity index (χ0n) is 34.3. The molecular formula is C42H54F3N5O9S. The van der Waals surface area contributed by atoms with Crippen molar-refractivity contribution in [2.75, 3.05) is 75.5 Å². The van der Waals surface area contributed by atoms with E-state index in [-0.39, 0.29) is 51.7 Å². The van der Waals surface area contributed by atoms with Crippen LogP contribution < -0.4 is 29.6 Å². The minimum absolute atomic E-state index is 0. The summed E-state index contributed by atoms with van der Waals surface area (Å²) in [6, 6.07) is 17.9. The number of carbonyl (C=O) groups is 1. The van der Waals surface area contributed by atoms with E-state index in [9.17, 15) is 26.4 Å². The highest BCUT2D eigenvalue weighted by atomic mass is 32.2. The maximum absolute atomic E-state index is 13.8. The number of amides is 1. The highest BCUT2D eigenvalue weighted by Crippen LogP contribution is 2.40. The van der Waals surface area contributed by atoms with Gasteiger partial charge in [0.25, 0.3) is 5.91 Å². The molecule has 0 bridgehead atoms. The van der Waals surface area contributed by atoms with Crippen LogP contribution in [0.15, 0.2) is 72.9 Å². The number of rotatable bonds is 19. The first-order chi connectivity index (χ1) is 28.3. The number of anilines is 4. The number of nitrogens with one attached hydrogen (secondary N) is 3. The molecule has 5 aromatic rings. The molecule has 0 radical (unpaired) electrons. The lowest BCUT2D eigenvalue weighted by atomic mass is 9.86. The maximum atomic E-state index is 13.8. The SMILES string of the molecule is COCCOCCOCCOc1cc(Nc2ncc3cc(-c4cc(C(=O)Nc5cc(C(C)(C)C)cc(NS(C)(=O)=O)c5OC)ccc4C)ccc3n2)cc(OC(F)(F)F)c1.[HH].[HH].[HH]. The zero-order valence-corrected chi connectivity index (χ0v) is 35.1. The normalized spacial score (nSPS) is 12.0. The van der Waals surface area contributed by atoms with Crippen LogP contribution in [-0.4, -0.2) is 90.8 Å². The van der Waals surface area contributed by atoms with E-state index < -0.39 is 28.0 Å². The molecule has 60 heavy (non-hydrogen) atoms. The minimum atomic E-state index is -4.93. The second kappa shape index (κ2) is 19.6. The van der Waals surface area contributed by atoms with Gasteiger partial charge in [-0.1, -0.05) is 32.9 Å². The smallest absolute Gasteiger partial charge is 0.492 e. The van der Waals surface area contributed by atoms with E-state index in [1.54, 1.807) is 43.6 Å². The first-order valence-electron chi connectivity index (χ1n) is 18.7. The number of alkyl halides is 3. The fourth-order valence-corrected chi connectivity index (χ4v) is 6.46. The molecule has 18 heteroatoms. The van der Waals surface area contributed by atoms with Gasteiger partial charge in [-0.2, -0.15) is 0 Å². The van der Waals surface area contributed by atoms with Gasteiger partial charge in [0.05, 0.1) is 63.3 Å². The van der Waals surface area contributed by atoms with Crippen molar-refractivity contribution in [2.45, 2.75) is 39.5 Å². The Morgan fingerprint density at radius 2 is 1.52 bits per heavy atom. The number of nitrogens with zero attached hydrogens (tertiary/aromatic N) is 2. The number of carbonyl (C=O) groups excluding carboxylic acids is 1. The lowest BCUT2D eigenvalue weighted by Crippen LogP contribution is -2.18. The zero-order chi connectivity index (χ0) is 43.7. The van der Waals surface area contributed by atoms with Gasteiger partial charge in [0.2, 0.25) is 16.0 Å². The number of sulfonamides is 1. The van der Waals surface area contributed by atoms with Crippen LogP contribution in [-0.2, 0) is 29.6 Å². The number of methoxy groups -OCH3 is 2. The Morgan fingerprint density at radius 3 is 2.18 bits per heavy atom. The van der Waals surface area contributed by atoms with Gasteiger partial charge in [0.15, 0.2) is 5.75 Å². The number of ether oxygens (including phenoxy) is 6. The molecule has 0 atom stereocenters. The number of benzene rings is 4. The molecule has 0 aliphatic heterocycles. The summed E-state index contributed by atoms with van der Waals surface area (Å²) in [6.45, 7) is 9.59. The molecule has 0 spiro atoms. The Balaban J connectivity index is 0.00000455. The topological polar surface area (TPSA) is 168 Å². The molecular weight excluding hydrogens is 808 g/mol. The maximum Gasteiger partial charge on any atom is 0.573 e. The molecule has 14 nitrogen and oxygen atoms in total. The van der Waals surface area contributed by atoms with Crippen LogP contribution in [0.3, 0.4) is 0 Å². The number of aryl methyl sites for hydroxylation is 1. The third kappa shape index (κ3) is 13.2. The molecule has 0 saturated heterocycles. The molecule has 0 aliphatic rings. The minimum Gasteiger partial charge on any atom is -0.492 e. The van der Waals surface area contributed by atoms with Gasteiger partial charge < -0.3 is 39.1 Å². The first-order valence-corrected chi connectivity index (χ1v) is 20.6. The van der Waals surface area contributed by atoms with Crippen molar-refractivity contribution in [2.24, 2.45) is 0 Å². The third-order valence-corrected chi connectivity index (χ3v) is 9.35. The molecule has 0 unspecified atom stereocenters. The van der Waals surface area contributed by atoms with E-state index in [1.807, 2.05) is 45.9 Å². The number of hydrogen-bond donors (Lipinski definition) is 3. The van der Waals surface area contributed by atoms with E-state index in [0.29, 0.717) is 48.6 Å². The number of halogens is 3. The van der Waals surface area contributed by atoms with Crippen molar-refractivity contribution in [3.8, 4) is 28.4 Å². The predicted molar refractivity (Wildman–Crippen MR) is 230 cm³/mol. The summed E-state index contributed by atoms with van der Waals surface area (Å²) in [6.07, 6.45) is -2.33. The van der Waals surface area contributed by atoms with Crippen LogP contribution in [0, 0.1) is 6.92 Å². The summed E-state index contributed by atoms with van der Waals surface area (Å²) in [5.41, 5.74) is 4.34. The number of aromatic nitrogens is 2. The molecule has 1 aromatic heterocycles.